The number of carboxylic acids is 1. The van der Waals surface area contributed by atoms with Gasteiger partial charge in [-0.25, -0.2) is 8.42 Å². The van der Waals surface area contributed by atoms with Crippen LogP contribution in [0.25, 0.3) is 0 Å². The molecule has 0 aromatic heterocycles. The van der Waals surface area contributed by atoms with E-state index in [4.69, 9.17) is 4.74 Å². The van der Waals surface area contributed by atoms with Gasteiger partial charge in [0, 0.05) is 0 Å². The van der Waals surface area contributed by atoms with Crippen molar-refractivity contribution in [3.05, 3.63) is 90.0 Å². The van der Waals surface area contributed by atoms with Crippen molar-refractivity contribution in [1.29, 1.82) is 0 Å². The van der Waals surface area contributed by atoms with Gasteiger partial charge in [-0.1, -0.05) is 48.5 Å². The molecule has 148 valence electrons. The second kappa shape index (κ2) is 7.60. The minimum Gasteiger partial charge on any atom is -0.489 e. The van der Waals surface area contributed by atoms with Crippen LogP contribution in [-0.2, 0) is 21.4 Å². The van der Waals surface area contributed by atoms with E-state index in [1.165, 1.54) is 10.4 Å². The van der Waals surface area contributed by atoms with E-state index in [2.05, 4.69) is 0 Å². The minimum absolute atomic E-state index is 0.149. The van der Waals surface area contributed by atoms with Gasteiger partial charge in [-0.2, -0.15) is 0 Å². The molecule has 0 spiro atoms. The molecular formula is C22H19NO5S. The van der Waals surface area contributed by atoms with E-state index in [0.717, 1.165) is 5.56 Å². The molecular weight excluding hydrogens is 390 g/mol. The Hall–Kier alpha value is -3.32. The predicted octanol–water partition coefficient (Wildman–Crippen LogP) is 3.99. The molecule has 6 nitrogen and oxygen atoms in total. The number of nitrogens with zero attached hydrogens (tertiary/aromatic N) is 1. The molecule has 3 aromatic rings. The van der Waals surface area contributed by atoms with Crippen LogP contribution in [-0.4, -0.2) is 19.5 Å². The van der Waals surface area contributed by atoms with Crippen molar-refractivity contribution in [3.63, 3.8) is 0 Å². The first-order valence-electron chi connectivity index (χ1n) is 9.09. The minimum atomic E-state index is -3.83. The van der Waals surface area contributed by atoms with Crippen molar-refractivity contribution in [1.82, 2.24) is 0 Å². The molecule has 0 saturated carbocycles. The van der Waals surface area contributed by atoms with Crippen molar-refractivity contribution in [2.45, 2.75) is 24.0 Å². The first-order chi connectivity index (χ1) is 14.0. The lowest BCUT2D eigenvalue weighted by Gasteiger charge is -2.24. The zero-order valence-corrected chi connectivity index (χ0v) is 16.2. The van der Waals surface area contributed by atoms with Crippen molar-refractivity contribution in [2.24, 2.45) is 0 Å². The summed E-state index contributed by atoms with van der Waals surface area (Å²) in [4.78, 5) is 11.5. The van der Waals surface area contributed by atoms with Gasteiger partial charge in [0.2, 0.25) is 0 Å². The summed E-state index contributed by atoms with van der Waals surface area (Å²) < 4.78 is 33.1. The Morgan fingerprint density at radius 3 is 2.28 bits per heavy atom. The van der Waals surface area contributed by atoms with E-state index in [0.29, 0.717) is 23.6 Å². The number of anilines is 1. The lowest BCUT2D eigenvalue weighted by molar-refractivity contribution is -0.137. The van der Waals surface area contributed by atoms with Crippen molar-refractivity contribution in [2.75, 3.05) is 4.31 Å². The number of sulfonamides is 1. The fourth-order valence-electron chi connectivity index (χ4n) is 3.50. The molecule has 0 radical (unpaired) electrons. The Kier molecular flexibility index (Phi) is 4.98. The van der Waals surface area contributed by atoms with Crippen LogP contribution >= 0.6 is 0 Å². The number of ether oxygens (including phenoxy) is 1. The molecule has 7 heteroatoms. The number of fused-ring (bicyclic) bond motifs is 1. The van der Waals surface area contributed by atoms with E-state index < -0.39 is 22.0 Å². The smallest absolute Gasteiger partial charge is 0.305 e. The van der Waals surface area contributed by atoms with Gasteiger partial charge in [-0.05, 0) is 41.5 Å². The molecule has 1 unspecified atom stereocenters. The van der Waals surface area contributed by atoms with Crippen LogP contribution in [0.4, 0.5) is 5.69 Å². The number of hydrogen-bond donors (Lipinski definition) is 1. The highest BCUT2D eigenvalue weighted by atomic mass is 32.2. The van der Waals surface area contributed by atoms with Gasteiger partial charge in [-0.3, -0.25) is 9.10 Å². The SMILES string of the molecule is O=C(O)CC1c2ccccc2S(=O)(=O)N1c1ccc(OCc2ccccc2)cc1. The second-order valence-corrected chi connectivity index (χ2v) is 8.50. The number of carboxylic acid groups (broad SMARTS) is 1. The standard InChI is InChI=1S/C22H19NO5S/c24-22(25)14-20-19-8-4-5-9-21(19)29(26,27)23(20)17-10-12-18(13-11-17)28-15-16-6-2-1-3-7-16/h1-13,20H,14-15H2,(H,24,25). The monoisotopic (exact) mass is 409 g/mol. The van der Waals surface area contributed by atoms with Gasteiger partial charge in [0.25, 0.3) is 10.0 Å². The molecule has 0 amide bonds. The third-order valence-corrected chi connectivity index (χ3v) is 6.72. The molecule has 0 bridgehead atoms. The maximum Gasteiger partial charge on any atom is 0.305 e. The van der Waals surface area contributed by atoms with Gasteiger partial charge in [0.15, 0.2) is 0 Å². The van der Waals surface area contributed by atoms with Gasteiger partial charge in [-0.15, -0.1) is 0 Å². The van der Waals surface area contributed by atoms with Crippen LogP contribution in [0.3, 0.4) is 0 Å². The summed E-state index contributed by atoms with van der Waals surface area (Å²) in [6.45, 7) is 0.398. The second-order valence-electron chi connectivity index (χ2n) is 6.72. The summed E-state index contributed by atoms with van der Waals surface area (Å²) in [7, 11) is -3.83. The maximum atomic E-state index is 13.1. The summed E-state index contributed by atoms with van der Waals surface area (Å²) in [5.41, 5.74) is 1.93. The highest BCUT2D eigenvalue weighted by Crippen LogP contribution is 2.44. The molecule has 1 heterocycles. The van der Waals surface area contributed by atoms with Crippen molar-refractivity contribution in [3.8, 4) is 5.75 Å². The molecule has 4 rings (SSSR count). The highest BCUT2D eigenvalue weighted by Gasteiger charge is 2.43. The molecule has 0 fully saturated rings. The Balaban J connectivity index is 1.61. The van der Waals surface area contributed by atoms with Crippen LogP contribution in [0.15, 0.2) is 83.8 Å². The van der Waals surface area contributed by atoms with Gasteiger partial charge in [0.1, 0.15) is 12.4 Å². The Morgan fingerprint density at radius 2 is 1.59 bits per heavy atom. The topological polar surface area (TPSA) is 83.9 Å². The number of hydrogen-bond acceptors (Lipinski definition) is 4. The maximum absolute atomic E-state index is 13.1. The first kappa shape index (κ1) is 19.0. The molecule has 1 aliphatic heterocycles. The van der Waals surface area contributed by atoms with E-state index in [9.17, 15) is 18.3 Å². The van der Waals surface area contributed by atoms with Crippen molar-refractivity contribution < 1.29 is 23.1 Å². The molecule has 0 saturated heterocycles. The fraction of sp³-hybridized carbons (Fsp3) is 0.136. The van der Waals surface area contributed by atoms with E-state index in [1.54, 1.807) is 42.5 Å². The molecule has 1 atom stereocenters. The van der Waals surface area contributed by atoms with E-state index in [-0.39, 0.29) is 11.3 Å². The Bertz CT molecular complexity index is 1130. The molecule has 3 aromatic carbocycles. The normalized spacial score (nSPS) is 17.0. The number of aliphatic carboxylic acids is 1. The molecule has 1 N–H and O–H groups in total. The molecule has 29 heavy (non-hydrogen) atoms. The van der Waals surface area contributed by atoms with E-state index in [1.807, 2.05) is 30.3 Å². The van der Waals surface area contributed by atoms with Crippen LogP contribution < -0.4 is 9.04 Å². The largest absolute Gasteiger partial charge is 0.489 e. The Morgan fingerprint density at radius 1 is 0.931 bits per heavy atom. The Labute approximate surface area is 169 Å². The zero-order valence-electron chi connectivity index (χ0n) is 15.4. The quantitative estimate of drug-likeness (QED) is 0.666. The van der Waals surface area contributed by atoms with Crippen molar-refractivity contribution >= 4 is 21.7 Å². The third-order valence-electron chi connectivity index (χ3n) is 4.81. The van der Waals surface area contributed by atoms with Crippen LogP contribution in [0, 0.1) is 0 Å². The summed E-state index contributed by atoms with van der Waals surface area (Å²) >= 11 is 0. The van der Waals surface area contributed by atoms with Crippen LogP contribution in [0.5, 0.6) is 5.75 Å². The predicted molar refractivity (Wildman–Crippen MR) is 108 cm³/mol. The average Bonchev–Trinajstić information content (AvgIpc) is 2.94. The number of benzene rings is 3. The first-order valence-corrected chi connectivity index (χ1v) is 10.5. The molecule has 1 aliphatic rings. The average molecular weight is 409 g/mol. The van der Waals surface area contributed by atoms with Crippen LogP contribution in [0.2, 0.25) is 0 Å². The lowest BCUT2D eigenvalue weighted by Crippen LogP contribution is -2.29. The summed E-state index contributed by atoms with van der Waals surface area (Å²) in [5.74, 6) is -0.462. The highest BCUT2D eigenvalue weighted by molar-refractivity contribution is 7.93. The zero-order chi connectivity index (χ0) is 20.4. The third kappa shape index (κ3) is 3.69. The van der Waals surface area contributed by atoms with Crippen LogP contribution in [0.1, 0.15) is 23.6 Å². The van der Waals surface area contributed by atoms with Gasteiger partial charge >= 0.3 is 5.97 Å². The summed E-state index contributed by atoms with van der Waals surface area (Å²) in [5, 5.41) is 9.32. The number of carbonyl (C=O) groups is 1. The van der Waals surface area contributed by atoms with Gasteiger partial charge in [0.05, 0.1) is 23.0 Å². The molecule has 0 aliphatic carbocycles. The lowest BCUT2D eigenvalue weighted by atomic mass is 10.0. The van der Waals surface area contributed by atoms with Gasteiger partial charge < -0.3 is 9.84 Å². The summed E-state index contributed by atoms with van der Waals surface area (Å²) in [6, 6.07) is 22.1. The fourth-order valence-corrected chi connectivity index (χ4v) is 5.38. The number of rotatable bonds is 6. The summed E-state index contributed by atoms with van der Waals surface area (Å²) in [6.07, 6.45) is -0.317. The van der Waals surface area contributed by atoms with E-state index >= 15 is 0 Å².